The summed E-state index contributed by atoms with van der Waals surface area (Å²) in [5.74, 6) is 1.89. The summed E-state index contributed by atoms with van der Waals surface area (Å²) in [7, 11) is 0. The summed E-state index contributed by atoms with van der Waals surface area (Å²) in [6.07, 6.45) is 0. The lowest BCUT2D eigenvalue weighted by Crippen LogP contribution is -2.15. The summed E-state index contributed by atoms with van der Waals surface area (Å²) in [6, 6.07) is 165. The van der Waals surface area contributed by atoms with Crippen molar-refractivity contribution in [3.63, 3.8) is 0 Å². The number of rotatable bonds is 10. The maximum atomic E-state index is 6.63. The van der Waals surface area contributed by atoms with E-state index < -0.39 is 0 Å². The first-order chi connectivity index (χ1) is 73.1. The number of hydrogen-bond acceptors (Lipinski definition) is 10. The van der Waals surface area contributed by atoms with Gasteiger partial charge < -0.3 is 13.3 Å². The van der Waals surface area contributed by atoms with E-state index in [-0.39, 0.29) is 5.41 Å². The molecule has 692 valence electrons. The van der Waals surface area contributed by atoms with Gasteiger partial charge in [-0.25, -0.2) is 29.9 Å². The average molecular weight is 1910 g/mol. The second-order valence-electron chi connectivity index (χ2n) is 38.9. The van der Waals surface area contributed by atoms with E-state index in [1.165, 1.54) is 69.9 Å². The van der Waals surface area contributed by atoms with E-state index in [0.29, 0.717) is 17.8 Å². The van der Waals surface area contributed by atoms with E-state index >= 15 is 0 Å². The number of thiophene rings is 1. The van der Waals surface area contributed by atoms with Crippen molar-refractivity contribution in [3.05, 3.63) is 478 Å². The van der Waals surface area contributed by atoms with Crippen molar-refractivity contribution in [1.29, 1.82) is 0 Å². The Balaban J connectivity index is 0.000000102. The number of nitrogens with zero attached hydrogens (tertiary/aromatic N) is 9. The molecule has 0 bridgehead atoms. The Morgan fingerprint density at radius 1 is 0.203 bits per heavy atom. The first kappa shape index (κ1) is 84.4. The van der Waals surface area contributed by atoms with Crippen molar-refractivity contribution >= 4 is 195 Å². The molecule has 0 radical (unpaired) electrons. The van der Waals surface area contributed by atoms with Gasteiger partial charge in [-0.1, -0.05) is 372 Å². The van der Waals surface area contributed by atoms with Crippen molar-refractivity contribution in [1.82, 2.24) is 43.6 Å². The third-order valence-corrected chi connectivity index (χ3v) is 31.5. The highest BCUT2D eigenvalue weighted by Crippen LogP contribution is 2.54. The van der Waals surface area contributed by atoms with Crippen molar-refractivity contribution in [2.24, 2.45) is 0 Å². The van der Waals surface area contributed by atoms with Gasteiger partial charge in [-0.15, -0.1) is 11.3 Å². The fraction of sp³-hybridized carbons (Fsp3) is 0.0222. The maximum Gasteiger partial charge on any atom is 0.235 e. The monoisotopic (exact) mass is 1910 g/mol. The molecule has 10 aromatic heterocycles. The quantitative estimate of drug-likeness (QED) is 0.131. The zero-order chi connectivity index (χ0) is 97.5. The Hall–Kier alpha value is -19.3. The largest absolute Gasteiger partial charge is 0.455 e. The van der Waals surface area contributed by atoms with Crippen LogP contribution in [0.4, 0.5) is 0 Å². The van der Waals surface area contributed by atoms with Gasteiger partial charge in [0.25, 0.3) is 0 Å². The second-order valence-corrected chi connectivity index (χ2v) is 40.0. The Kier molecular flexibility index (Phi) is 19.0. The summed E-state index contributed by atoms with van der Waals surface area (Å²) < 4.78 is 29.0. The first-order valence-corrected chi connectivity index (χ1v) is 50.9. The highest BCUT2D eigenvalue weighted by molar-refractivity contribution is 7.26. The van der Waals surface area contributed by atoms with E-state index in [2.05, 4.69) is 434 Å². The molecule has 0 aliphatic heterocycles. The fourth-order valence-electron chi connectivity index (χ4n) is 23.3. The molecule has 31 aromatic rings. The summed E-state index contributed by atoms with van der Waals surface area (Å²) in [5.41, 5.74) is 34.4. The molecule has 0 unspecified atom stereocenters. The standard InChI is InChI=1S/C47H33N3.C44H25N3O2.C44H25N3OS/c1-47(2)40-26-33(30-14-6-3-7-15-30)22-24-35(40)38-29-44-39(28-41(38)47)36-25-23-34(31-16-8-4-9-17-31)27-43(36)50(44)46-48-42-21-13-12-20-37(42)45(49-46)32-18-10-5-11-19-32;1-2-11-26(12-3-1)27-21-22-33-37(25-27)47(36-24-23-31-29-14-6-9-20-39(29)49-43(31)40(33)36)44-45-35-18-7-4-15-32(35)41(46-44)34-17-10-16-30-28-13-5-8-19-38(28)48-42(30)34;1-2-11-26(12-3-1)27-21-22-33-37(25-27)47(36-24-23-30-28-13-5-8-19-38(28)48-42(30)40(33)36)44-45-35-18-7-4-15-32(35)41(46-44)34-17-10-16-31-29-14-6-9-20-39(29)49-43(31)34/h3-29H,1-2H3;2*1-25H. The van der Waals surface area contributed by atoms with Gasteiger partial charge in [0, 0.05) is 112 Å². The number of fused-ring (bicyclic) bond motifs is 29. The van der Waals surface area contributed by atoms with Crippen LogP contribution in [0.25, 0.3) is 291 Å². The van der Waals surface area contributed by atoms with Gasteiger partial charge >= 0.3 is 0 Å². The van der Waals surface area contributed by atoms with Gasteiger partial charge in [-0.3, -0.25) is 13.7 Å². The average Bonchev–Trinajstić information content (AvgIpc) is 1.56. The SMILES string of the molecule is CC1(C)c2cc(-c3ccccc3)ccc2-c2cc3c(cc21)c1ccc(-c2ccccc2)cc1n3-c1nc(-c2ccccc2)c2ccccc2n1.c1ccc(-c2ccc3c4c5oc6ccccc6c5ccc4n(-c4nc(-c5cccc6c5oc5ccccc56)c5ccccc5n4)c3c2)cc1.c1ccc(-c2ccc3c4c5oc6ccccc6c5ccc4n(-c4nc(-c5cccc6c5sc5ccccc56)c5ccccc5n4)c3c2)cc1. The number of para-hydroxylation sites is 7. The van der Waals surface area contributed by atoms with Gasteiger partial charge in [0.2, 0.25) is 17.8 Å². The molecule has 0 atom stereocenters. The number of aromatic nitrogens is 9. The van der Waals surface area contributed by atoms with Gasteiger partial charge in [-0.2, -0.15) is 0 Å². The summed E-state index contributed by atoms with van der Waals surface area (Å²) in [5, 5.41) is 18.8. The van der Waals surface area contributed by atoms with Crippen LogP contribution in [0.15, 0.2) is 480 Å². The van der Waals surface area contributed by atoms with Crippen LogP contribution in [0.2, 0.25) is 0 Å². The van der Waals surface area contributed by atoms with Crippen molar-refractivity contribution in [2.75, 3.05) is 0 Å². The van der Waals surface area contributed by atoms with Crippen LogP contribution in [-0.4, -0.2) is 43.6 Å². The lowest BCUT2D eigenvalue weighted by Gasteiger charge is -2.22. The molecular weight excluding hydrogens is 1830 g/mol. The smallest absolute Gasteiger partial charge is 0.235 e. The lowest BCUT2D eigenvalue weighted by atomic mass is 9.81. The minimum atomic E-state index is -0.165. The molecule has 21 aromatic carbocycles. The van der Waals surface area contributed by atoms with Crippen LogP contribution in [0.5, 0.6) is 0 Å². The molecule has 0 amide bonds. The zero-order valence-corrected chi connectivity index (χ0v) is 80.9. The van der Waals surface area contributed by atoms with Crippen LogP contribution in [-0.2, 0) is 5.41 Å². The van der Waals surface area contributed by atoms with E-state index in [1.807, 2.05) is 72.0 Å². The maximum absolute atomic E-state index is 6.63. The minimum absolute atomic E-state index is 0.165. The summed E-state index contributed by atoms with van der Waals surface area (Å²) in [4.78, 5) is 32.1. The Morgan fingerprint density at radius 2 is 0.547 bits per heavy atom. The molecular formula is C135H83N9O3S. The zero-order valence-electron chi connectivity index (χ0n) is 80.1. The number of furan rings is 3. The molecule has 1 aliphatic rings. The van der Waals surface area contributed by atoms with Gasteiger partial charge in [0.05, 0.1) is 77.5 Å². The molecule has 12 nitrogen and oxygen atoms in total. The number of hydrogen-bond donors (Lipinski definition) is 0. The Morgan fingerprint density at radius 3 is 1.05 bits per heavy atom. The normalized spacial score (nSPS) is 12.4. The molecule has 32 rings (SSSR count). The Labute approximate surface area is 850 Å². The predicted molar refractivity (Wildman–Crippen MR) is 612 cm³/mol. The van der Waals surface area contributed by atoms with Crippen LogP contribution < -0.4 is 0 Å². The van der Waals surface area contributed by atoms with E-state index in [9.17, 15) is 0 Å². The first-order valence-electron chi connectivity index (χ1n) is 50.1. The fourth-order valence-corrected chi connectivity index (χ4v) is 24.5. The second kappa shape index (κ2) is 33.4. The number of benzene rings is 21. The van der Waals surface area contributed by atoms with Gasteiger partial charge in [0.1, 0.15) is 33.5 Å². The molecule has 0 fully saturated rings. The minimum Gasteiger partial charge on any atom is -0.455 e. The van der Waals surface area contributed by atoms with E-state index in [0.717, 1.165) is 215 Å². The molecule has 1 aliphatic carbocycles. The molecule has 0 spiro atoms. The van der Waals surface area contributed by atoms with E-state index in [1.54, 1.807) is 0 Å². The highest BCUT2D eigenvalue weighted by Gasteiger charge is 2.38. The third kappa shape index (κ3) is 13.3. The van der Waals surface area contributed by atoms with Crippen molar-refractivity contribution in [2.45, 2.75) is 19.3 Å². The molecule has 13 heteroatoms. The lowest BCUT2D eigenvalue weighted by molar-refractivity contribution is 0.661. The van der Waals surface area contributed by atoms with Crippen LogP contribution in [0.1, 0.15) is 25.0 Å². The summed E-state index contributed by atoms with van der Waals surface area (Å²) in [6.45, 7) is 4.73. The third-order valence-electron chi connectivity index (χ3n) is 30.3. The van der Waals surface area contributed by atoms with E-state index in [4.69, 9.17) is 43.2 Å². The van der Waals surface area contributed by atoms with Crippen LogP contribution in [0.3, 0.4) is 0 Å². The predicted octanol–water partition coefficient (Wildman–Crippen LogP) is 36.2. The van der Waals surface area contributed by atoms with Gasteiger partial charge in [0.15, 0.2) is 0 Å². The van der Waals surface area contributed by atoms with Gasteiger partial charge in [-0.05, 0) is 176 Å². The molecule has 0 saturated carbocycles. The van der Waals surface area contributed by atoms with Crippen molar-refractivity contribution in [3.8, 4) is 107 Å². The topological polar surface area (TPSA) is 132 Å². The Bertz CT molecular complexity index is 10500. The molecule has 10 heterocycles. The van der Waals surface area contributed by atoms with Crippen LogP contribution >= 0.6 is 11.3 Å². The molecule has 148 heavy (non-hydrogen) atoms. The highest BCUT2D eigenvalue weighted by atomic mass is 32.1. The van der Waals surface area contributed by atoms with Crippen molar-refractivity contribution < 1.29 is 13.3 Å². The molecule has 0 saturated heterocycles. The summed E-state index contributed by atoms with van der Waals surface area (Å²) >= 11 is 1.82. The van der Waals surface area contributed by atoms with Crippen LogP contribution in [0, 0.1) is 0 Å². The molecule has 0 N–H and O–H groups in total.